The summed E-state index contributed by atoms with van der Waals surface area (Å²) in [5, 5.41) is 6.07. The maximum Gasteiger partial charge on any atom is 0.123 e. The maximum absolute atomic E-state index is 5.70. The van der Waals surface area contributed by atoms with Gasteiger partial charge in [-0.1, -0.05) is 36.4 Å². The molecule has 0 aliphatic heterocycles. The van der Waals surface area contributed by atoms with E-state index in [1.807, 2.05) is 12.1 Å². The molecule has 0 radical (unpaired) electrons. The first-order valence-corrected chi connectivity index (χ1v) is 7.15. The standard InChI is InChI=1S/C18H19N3/c1-13(21-12-14-8-9-20-18(19)10-14)16-7-6-15-4-2-3-5-17(15)11-16/h2-11,13,21H,12H2,1H3,(H2,19,20). The Hall–Kier alpha value is -2.39. The van der Waals surface area contributed by atoms with Crippen LogP contribution in [-0.2, 0) is 6.54 Å². The Morgan fingerprint density at radius 3 is 2.67 bits per heavy atom. The van der Waals surface area contributed by atoms with Crippen LogP contribution in [0.4, 0.5) is 5.82 Å². The van der Waals surface area contributed by atoms with Crippen LogP contribution in [0.25, 0.3) is 10.8 Å². The van der Waals surface area contributed by atoms with Crippen molar-refractivity contribution >= 4 is 16.6 Å². The molecular formula is C18H19N3. The van der Waals surface area contributed by atoms with E-state index in [1.165, 1.54) is 16.3 Å². The van der Waals surface area contributed by atoms with Crippen LogP contribution in [0.2, 0.25) is 0 Å². The maximum atomic E-state index is 5.70. The number of benzene rings is 2. The molecule has 1 aromatic heterocycles. The molecule has 0 saturated heterocycles. The van der Waals surface area contributed by atoms with Crippen LogP contribution in [-0.4, -0.2) is 4.98 Å². The zero-order chi connectivity index (χ0) is 14.7. The van der Waals surface area contributed by atoms with Crippen LogP contribution in [0.15, 0.2) is 60.8 Å². The molecular weight excluding hydrogens is 258 g/mol. The van der Waals surface area contributed by atoms with E-state index < -0.39 is 0 Å². The molecule has 0 fully saturated rings. The van der Waals surface area contributed by atoms with Gasteiger partial charge in [0.1, 0.15) is 5.82 Å². The van der Waals surface area contributed by atoms with Crippen molar-refractivity contribution in [3.8, 4) is 0 Å². The predicted octanol–water partition coefficient (Wildman–Crippen LogP) is 3.67. The third kappa shape index (κ3) is 3.20. The molecule has 0 amide bonds. The van der Waals surface area contributed by atoms with Crippen molar-refractivity contribution in [2.75, 3.05) is 5.73 Å². The summed E-state index contributed by atoms with van der Waals surface area (Å²) in [4.78, 5) is 4.01. The van der Waals surface area contributed by atoms with Crippen LogP contribution in [0.5, 0.6) is 0 Å². The Morgan fingerprint density at radius 2 is 1.86 bits per heavy atom. The minimum atomic E-state index is 0.281. The smallest absolute Gasteiger partial charge is 0.123 e. The molecule has 0 bridgehead atoms. The largest absolute Gasteiger partial charge is 0.384 e. The average Bonchev–Trinajstić information content (AvgIpc) is 2.52. The minimum Gasteiger partial charge on any atom is -0.384 e. The lowest BCUT2D eigenvalue weighted by molar-refractivity contribution is 0.575. The molecule has 2 aromatic carbocycles. The minimum absolute atomic E-state index is 0.281. The lowest BCUT2D eigenvalue weighted by Crippen LogP contribution is -2.18. The highest BCUT2D eigenvalue weighted by Gasteiger charge is 2.06. The van der Waals surface area contributed by atoms with Crippen LogP contribution < -0.4 is 11.1 Å². The second-order valence-electron chi connectivity index (χ2n) is 5.30. The van der Waals surface area contributed by atoms with Crippen LogP contribution in [0.1, 0.15) is 24.1 Å². The fourth-order valence-corrected chi connectivity index (χ4v) is 2.47. The Balaban J connectivity index is 1.73. The van der Waals surface area contributed by atoms with Gasteiger partial charge in [-0.25, -0.2) is 4.98 Å². The summed E-state index contributed by atoms with van der Waals surface area (Å²) in [7, 11) is 0. The first kappa shape index (κ1) is 13.6. The van der Waals surface area contributed by atoms with Gasteiger partial charge in [0, 0.05) is 18.8 Å². The molecule has 1 unspecified atom stereocenters. The molecule has 1 heterocycles. The van der Waals surface area contributed by atoms with Crippen LogP contribution in [0.3, 0.4) is 0 Å². The number of nitrogen functional groups attached to an aromatic ring is 1. The topological polar surface area (TPSA) is 50.9 Å². The molecule has 3 heteroatoms. The van der Waals surface area contributed by atoms with E-state index in [0.717, 1.165) is 12.1 Å². The second-order valence-corrected chi connectivity index (χ2v) is 5.30. The Morgan fingerprint density at radius 1 is 1.05 bits per heavy atom. The van der Waals surface area contributed by atoms with Gasteiger partial charge >= 0.3 is 0 Å². The van der Waals surface area contributed by atoms with Gasteiger partial charge in [-0.15, -0.1) is 0 Å². The Labute approximate surface area is 124 Å². The lowest BCUT2D eigenvalue weighted by atomic mass is 10.0. The number of pyridine rings is 1. The highest BCUT2D eigenvalue weighted by molar-refractivity contribution is 5.83. The SMILES string of the molecule is CC(NCc1ccnc(N)c1)c1ccc2ccccc2c1. The number of rotatable bonds is 4. The van der Waals surface area contributed by atoms with E-state index in [1.54, 1.807) is 6.20 Å². The van der Waals surface area contributed by atoms with Crippen molar-refractivity contribution in [3.05, 3.63) is 71.9 Å². The summed E-state index contributed by atoms with van der Waals surface area (Å²) < 4.78 is 0. The molecule has 21 heavy (non-hydrogen) atoms. The van der Waals surface area contributed by atoms with Crippen molar-refractivity contribution in [3.63, 3.8) is 0 Å². The second kappa shape index (κ2) is 5.94. The molecule has 0 aliphatic rings. The summed E-state index contributed by atoms with van der Waals surface area (Å²) in [6.45, 7) is 2.95. The number of anilines is 1. The van der Waals surface area contributed by atoms with Crippen LogP contribution in [0, 0.1) is 0 Å². The highest BCUT2D eigenvalue weighted by Crippen LogP contribution is 2.20. The van der Waals surface area contributed by atoms with E-state index in [2.05, 4.69) is 59.7 Å². The van der Waals surface area contributed by atoms with E-state index in [4.69, 9.17) is 5.73 Å². The van der Waals surface area contributed by atoms with Gasteiger partial charge in [0.05, 0.1) is 0 Å². The fourth-order valence-electron chi connectivity index (χ4n) is 2.47. The third-order valence-corrected chi connectivity index (χ3v) is 3.73. The van der Waals surface area contributed by atoms with Crippen molar-refractivity contribution in [2.24, 2.45) is 0 Å². The van der Waals surface area contributed by atoms with Gasteiger partial charge in [0.25, 0.3) is 0 Å². The van der Waals surface area contributed by atoms with E-state index in [9.17, 15) is 0 Å². The molecule has 0 spiro atoms. The van der Waals surface area contributed by atoms with Crippen molar-refractivity contribution in [1.29, 1.82) is 0 Å². The number of aromatic nitrogens is 1. The van der Waals surface area contributed by atoms with E-state index >= 15 is 0 Å². The zero-order valence-electron chi connectivity index (χ0n) is 12.1. The molecule has 0 aliphatic carbocycles. The first-order valence-electron chi connectivity index (χ1n) is 7.15. The molecule has 3 nitrogen and oxygen atoms in total. The fraction of sp³-hybridized carbons (Fsp3) is 0.167. The number of hydrogen-bond donors (Lipinski definition) is 2. The van der Waals surface area contributed by atoms with Gasteiger partial charge in [-0.2, -0.15) is 0 Å². The molecule has 3 N–H and O–H groups in total. The summed E-state index contributed by atoms with van der Waals surface area (Å²) in [6, 6.07) is 19.2. The van der Waals surface area contributed by atoms with Crippen molar-refractivity contribution in [2.45, 2.75) is 19.5 Å². The number of nitrogens with one attached hydrogen (secondary N) is 1. The molecule has 3 rings (SSSR count). The number of hydrogen-bond acceptors (Lipinski definition) is 3. The number of nitrogens with zero attached hydrogens (tertiary/aromatic N) is 1. The average molecular weight is 277 g/mol. The monoisotopic (exact) mass is 277 g/mol. The number of fused-ring (bicyclic) bond motifs is 1. The highest BCUT2D eigenvalue weighted by atomic mass is 14.9. The predicted molar refractivity (Wildman–Crippen MR) is 87.9 cm³/mol. The quantitative estimate of drug-likeness (QED) is 0.765. The molecule has 106 valence electrons. The van der Waals surface area contributed by atoms with Crippen LogP contribution >= 0.6 is 0 Å². The summed E-state index contributed by atoms with van der Waals surface area (Å²) >= 11 is 0. The van der Waals surface area contributed by atoms with Crippen molar-refractivity contribution in [1.82, 2.24) is 10.3 Å². The van der Waals surface area contributed by atoms with Gasteiger partial charge in [0.15, 0.2) is 0 Å². The summed E-state index contributed by atoms with van der Waals surface area (Å²) in [5.74, 6) is 0.563. The lowest BCUT2D eigenvalue weighted by Gasteiger charge is -2.15. The summed E-state index contributed by atoms with van der Waals surface area (Å²) in [5.41, 5.74) is 8.14. The molecule has 0 saturated carbocycles. The van der Waals surface area contributed by atoms with Gasteiger partial charge in [0.2, 0.25) is 0 Å². The Kier molecular flexibility index (Phi) is 3.84. The van der Waals surface area contributed by atoms with Crippen molar-refractivity contribution < 1.29 is 0 Å². The van der Waals surface area contributed by atoms with E-state index in [-0.39, 0.29) is 6.04 Å². The van der Waals surface area contributed by atoms with Gasteiger partial charge < -0.3 is 11.1 Å². The normalized spacial score (nSPS) is 12.4. The third-order valence-electron chi connectivity index (χ3n) is 3.73. The molecule has 3 aromatic rings. The first-order chi connectivity index (χ1) is 10.2. The van der Waals surface area contributed by atoms with Gasteiger partial charge in [-0.05, 0) is 47.0 Å². The number of nitrogens with two attached hydrogens (primary N) is 1. The zero-order valence-corrected chi connectivity index (χ0v) is 12.1. The Bertz CT molecular complexity index is 752. The van der Waals surface area contributed by atoms with E-state index in [0.29, 0.717) is 5.82 Å². The summed E-state index contributed by atoms with van der Waals surface area (Å²) in [6.07, 6.45) is 1.74. The van der Waals surface area contributed by atoms with Gasteiger partial charge in [-0.3, -0.25) is 0 Å². The molecule has 1 atom stereocenters.